The second-order valence-electron chi connectivity index (χ2n) is 5.03. The van der Waals surface area contributed by atoms with Crippen LogP contribution in [-0.4, -0.2) is 27.3 Å². The van der Waals surface area contributed by atoms with Gasteiger partial charge in [0.15, 0.2) is 5.16 Å². The van der Waals surface area contributed by atoms with Gasteiger partial charge in [0, 0.05) is 30.5 Å². The van der Waals surface area contributed by atoms with Crippen molar-refractivity contribution in [2.75, 3.05) is 6.54 Å². The lowest BCUT2D eigenvalue weighted by Crippen LogP contribution is -2.26. The highest BCUT2D eigenvalue weighted by molar-refractivity contribution is 7.98. The van der Waals surface area contributed by atoms with E-state index in [9.17, 15) is 19.7 Å². The first-order valence-electron chi connectivity index (χ1n) is 7.32. The molecule has 9 heteroatoms. The van der Waals surface area contributed by atoms with Crippen molar-refractivity contribution < 1.29 is 9.72 Å². The zero-order chi connectivity index (χ0) is 18.2. The topological polar surface area (TPSA) is 118 Å². The van der Waals surface area contributed by atoms with Gasteiger partial charge in [0.1, 0.15) is 0 Å². The maximum atomic E-state index is 11.7. The van der Waals surface area contributed by atoms with E-state index in [-0.39, 0.29) is 23.6 Å². The minimum absolute atomic E-state index is 0.00666. The largest absolute Gasteiger partial charge is 0.352 e. The van der Waals surface area contributed by atoms with Crippen LogP contribution in [0.4, 0.5) is 5.69 Å². The lowest BCUT2D eigenvalue weighted by Gasteiger charge is -2.05. The van der Waals surface area contributed by atoms with Gasteiger partial charge in [0.2, 0.25) is 5.91 Å². The van der Waals surface area contributed by atoms with E-state index in [0.29, 0.717) is 23.1 Å². The predicted octanol–water partition coefficient (Wildman–Crippen LogP) is 1.82. The lowest BCUT2D eigenvalue weighted by molar-refractivity contribution is -0.384. The van der Waals surface area contributed by atoms with Crippen LogP contribution in [0.3, 0.4) is 0 Å². The molecule has 0 spiro atoms. The van der Waals surface area contributed by atoms with Crippen molar-refractivity contribution in [1.29, 1.82) is 0 Å². The number of aromatic nitrogens is 2. The standard InChI is InChI=1S/C16H16N4O4S/c1-2-6-17-14(21)8-12-9-15(22)19-16(18-12)25-10-11-4-3-5-13(7-11)20(23)24/h2-5,7,9H,1,6,8,10H2,(H,17,21)(H,18,19,22). The fourth-order valence-electron chi connectivity index (χ4n) is 1.97. The van der Waals surface area contributed by atoms with Crippen LogP contribution in [0.2, 0.25) is 0 Å². The number of hydrogen-bond donors (Lipinski definition) is 2. The summed E-state index contributed by atoms with van der Waals surface area (Å²) in [6, 6.07) is 7.51. The van der Waals surface area contributed by atoms with E-state index < -0.39 is 4.92 Å². The molecule has 1 heterocycles. The summed E-state index contributed by atoms with van der Waals surface area (Å²) in [5, 5.41) is 13.8. The molecule has 0 saturated carbocycles. The number of aromatic amines is 1. The van der Waals surface area contributed by atoms with Crippen molar-refractivity contribution in [2.45, 2.75) is 17.3 Å². The Bertz CT molecular complexity index is 850. The Kier molecular flexibility index (Phi) is 6.47. The first kappa shape index (κ1) is 18.4. The van der Waals surface area contributed by atoms with E-state index in [0.717, 1.165) is 5.56 Å². The fraction of sp³-hybridized carbons (Fsp3) is 0.188. The van der Waals surface area contributed by atoms with Gasteiger partial charge in [-0.15, -0.1) is 6.58 Å². The SMILES string of the molecule is C=CCNC(=O)Cc1cc(=O)[nH]c(SCc2cccc([N+](=O)[O-])c2)n1. The minimum atomic E-state index is -0.462. The van der Waals surface area contributed by atoms with Crippen LogP contribution in [0.5, 0.6) is 0 Å². The molecule has 0 aliphatic rings. The maximum Gasteiger partial charge on any atom is 0.269 e. The molecule has 0 unspecified atom stereocenters. The van der Waals surface area contributed by atoms with Gasteiger partial charge in [-0.3, -0.25) is 19.7 Å². The monoisotopic (exact) mass is 360 g/mol. The van der Waals surface area contributed by atoms with E-state index in [4.69, 9.17) is 0 Å². The third-order valence-electron chi connectivity index (χ3n) is 3.06. The molecule has 0 atom stereocenters. The third-order valence-corrected chi connectivity index (χ3v) is 4.00. The van der Waals surface area contributed by atoms with Gasteiger partial charge in [0.25, 0.3) is 11.2 Å². The molecule has 2 rings (SSSR count). The zero-order valence-electron chi connectivity index (χ0n) is 13.2. The number of nitrogens with zero attached hydrogens (tertiary/aromatic N) is 2. The summed E-state index contributed by atoms with van der Waals surface area (Å²) in [6.07, 6.45) is 1.55. The number of benzene rings is 1. The number of H-pyrrole nitrogens is 1. The fourth-order valence-corrected chi connectivity index (χ4v) is 2.80. The van der Waals surface area contributed by atoms with Crippen LogP contribution in [0.25, 0.3) is 0 Å². The van der Waals surface area contributed by atoms with Crippen LogP contribution < -0.4 is 10.9 Å². The molecule has 0 aliphatic heterocycles. The number of thioether (sulfide) groups is 1. The van der Waals surface area contributed by atoms with Gasteiger partial charge in [0.05, 0.1) is 17.0 Å². The molecular weight excluding hydrogens is 344 g/mol. The molecule has 0 fully saturated rings. The Morgan fingerprint density at radius 1 is 1.44 bits per heavy atom. The Labute approximate surface area is 147 Å². The van der Waals surface area contributed by atoms with E-state index in [1.54, 1.807) is 18.2 Å². The van der Waals surface area contributed by atoms with Gasteiger partial charge in [-0.05, 0) is 5.56 Å². The molecule has 2 aromatic rings. The second kappa shape index (κ2) is 8.78. The van der Waals surface area contributed by atoms with E-state index in [2.05, 4.69) is 21.9 Å². The van der Waals surface area contributed by atoms with Gasteiger partial charge in [-0.2, -0.15) is 0 Å². The summed E-state index contributed by atoms with van der Waals surface area (Å²) < 4.78 is 0. The van der Waals surface area contributed by atoms with Crippen molar-refractivity contribution >= 4 is 23.4 Å². The molecule has 0 radical (unpaired) electrons. The zero-order valence-corrected chi connectivity index (χ0v) is 14.0. The number of amides is 1. The van der Waals surface area contributed by atoms with Crippen LogP contribution >= 0.6 is 11.8 Å². The molecule has 0 saturated heterocycles. The first-order valence-corrected chi connectivity index (χ1v) is 8.30. The number of nitrogens with one attached hydrogen (secondary N) is 2. The Morgan fingerprint density at radius 3 is 2.96 bits per heavy atom. The molecule has 130 valence electrons. The smallest absolute Gasteiger partial charge is 0.269 e. The van der Waals surface area contributed by atoms with Crippen molar-refractivity contribution in [3.63, 3.8) is 0 Å². The van der Waals surface area contributed by atoms with Crippen molar-refractivity contribution in [3.05, 3.63) is 74.7 Å². The van der Waals surface area contributed by atoms with Crippen molar-refractivity contribution in [3.8, 4) is 0 Å². The highest BCUT2D eigenvalue weighted by atomic mass is 32.2. The predicted molar refractivity (Wildman–Crippen MR) is 94.4 cm³/mol. The molecule has 2 N–H and O–H groups in total. The molecule has 8 nitrogen and oxygen atoms in total. The number of rotatable bonds is 8. The normalized spacial score (nSPS) is 10.2. The molecule has 1 amide bonds. The number of nitro benzene ring substituents is 1. The molecule has 0 aliphatic carbocycles. The number of nitro groups is 1. The Hall–Kier alpha value is -2.94. The van der Waals surface area contributed by atoms with Crippen molar-refractivity contribution in [1.82, 2.24) is 15.3 Å². The Balaban J connectivity index is 2.06. The summed E-state index contributed by atoms with van der Waals surface area (Å²) in [6.45, 7) is 3.85. The molecule has 0 bridgehead atoms. The number of carbonyl (C=O) groups excluding carboxylic acids is 1. The summed E-state index contributed by atoms with van der Waals surface area (Å²) in [5.74, 6) is 0.143. The lowest BCUT2D eigenvalue weighted by atomic mass is 10.2. The first-order chi connectivity index (χ1) is 12.0. The van der Waals surface area contributed by atoms with E-state index in [1.807, 2.05) is 0 Å². The summed E-state index contributed by atoms with van der Waals surface area (Å²) in [5.41, 5.74) is 0.734. The van der Waals surface area contributed by atoms with Crippen LogP contribution in [-0.2, 0) is 17.0 Å². The molecule has 25 heavy (non-hydrogen) atoms. The quantitative estimate of drug-likeness (QED) is 0.244. The molecule has 1 aromatic carbocycles. The second-order valence-corrected chi connectivity index (χ2v) is 5.99. The van der Waals surface area contributed by atoms with E-state index >= 15 is 0 Å². The molecular formula is C16H16N4O4S. The third kappa shape index (κ3) is 5.88. The van der Waals surface area contributed by atoms with Gasteiger partial charge < -0.3 is 10.3 Å². The Morgan fingerprint density at radius 2 is 2.24 bits per heavy atom. The highest BCUT2D eigenvalue weighted by Crippen LogP contribution is 2.21. The summed E-state index contributed by atoms with van der Waals surface area (Å²) in [7, 11) is 0. The average molecular weight is 360 g/mol. The van der Waals surface area contributed by atoms with Crippen molar-refractivity contribution in [2.24, 2.45) is 0 Å². The van der Waals surface area contributed by atoms with Crippen LogP contribution in [0.1, 0.15) is 11.3 Å². The van der Waals surface area contributed by atoms with Crippen LogP contribution in [0.15, 0.2) is 52.9 Å². The van der Waals surface area contributed by atoms with Gasteiger partial charge >= 0.3 is 0 Å². The van der Waals surface area contributed by atoms with Gasteiger partial charge in [-0.1, -0.05) is 30.0 Å². The summed E-state index contributed by atoms with van der Waals surface area (Å²) >= 11 is 1.23. The average Bonchev–Trinajstić information content (AvgIpc) is 2.58. The van der Waals surface area contributed by atoms with Crippen LogP contribution in [0, 0.1) is 10.1 Å². The minimum Gasteiger partial charge on any atom is -0.352 e. The number of carbonyl (C=O) groups is 1. The summed E-state index contributed by atoms with van der Waals surface area (Å²) in [4.78, 5) is 40.6. The highest BCUT2D eigenvalue weighted by Gasteiger charge is 2.09. The molecule has 1 aromatic heterocycles. The number of non-ortho nitro benzene ring substituents is 1. The maximum absolute atomic E-state index is 11.7. The van der Waals surface area contributed by atoms with Gasteiger partial charge in [-0.25, -0.2) is 4.98 Å². The van der Waals surface area contributed by atoms with E-state index in [1.165, 1.54) is 30.0 Å². The number of hydrogen-bond acceptors (Lipinski definition) is 6.